The summed E-state index contributed by atoms with van der Waals surface area (Å²) in [5.74, 6) is 0.748. The maximum absolute atomic E-state index is 13.4. The first kappa shape index (κ1) is 46.1. The number of ether oxygens (including phenoxy) is 6. The first-order valence-electron chi connectivity index (χ1n) is 22.0. The Hall–Kier alpha value is -5.39. The number of carbonyl (C=O) groups excluding carboxylic acids is 3. The predicted molar refractivity (Wildman–Crippen MR) is 243 cm³/mol. The third kappa shape index (κ3) is 14.3. The van der Waals surface area contributed by atoms with Crippen LogP contribution in [0.15, 0.2) is 114 Å². The predicted octanol–water partition coefficient (Wildman–Crippen LogP) is 11.3. The second kappa shape index (κ2) is 24.9. The van der Waals surface area contributed by atoms with Crippen LogP contribution >= 0.6 is 11.8 Å². The zero-order chi connectivity index (χ0) is 43.4. The molecule has 0 N–H and O–H groups in total. The van der Waals surface area contributed by atoms with Crippen molar-refractivity contribution in [2.45, 2.75) is 93.4 Å². The number of hydrogen-bond donors (Lipinski definition) is 0. The second-order valence-electron chi connectivity index (χ2n) is 15.6. The molecule has 328 valence electrons. The Morgan fingerprint density at radius 1 is 0.629 bits per heavy atom. The zero-order valence-corrected chi connectivity index (χ0v) is 36.7. The molecule has 11 heteroatoms. The molecule has 1 saturated carbocycles. The number of fused-ring (bicyclic) bond motifs is 3. The molecule has 0 amide bonds. The first-order chi connectivity index (χ1) is 30.4. The fourth-order valence-corrected chi connectivity index (χ4v) is 8.47. The number of unbranched alkanes of at least 4 members (excludes halogenated alkanes) is 6. The van der Waals surface area contributed by atoms with Crippen LogP contribution in [0.4, 0.5) is 0 Å². The van der Waals surface area contributed by atoms with Crippen LogP contribution in [-0.4, -0.2) is 63.0 Å². The Kier molecular flexibility index (Phi) is 18.5. The summed E-state index contributed by atoms with van der Waals surface area (Å²) in [6, 6.07) is 29.8. The molecule has 0 spiro atoms. The molecular weight excluding hydrogens is 803 g/mol. The largest absolute Gasteiger partial charge is 0.494 e. The van der Waals surface area contributed by atoms with Crippen molar-refractivity contribution >= 4 is 51.3 Å². The van der Waals surface area contributed by atoms with Crippen molar-refractivity contribution in [3.63, 3.8) is 0 Å². The lowest BCUT2D eigenvalue weighted by molar-refractivity contribution is -0.152. The van der Waals surface area contributed by atoms with Crippen LogP contribution < -0.4 is 14.2 Å². The molecule has 1 aromatic heterocycles. The second-order valence-corrected chi connectivity index (χ2v) is 16.7. The zero-order valence-electron chi connectivity index (χ0n) is 35.9. The van der Waals surface area contributed by atoms with E-state index in [-0.39, 0.29) is 29.7 Å². The van der Waals surface area contributed by atoms with E-state index in [1.807, 2.05) is 78.9 Å². The summed E-state index contributed by atoms with van der Waals surface area (Å²) in [6.45, 7) is 6.25. The Labute approximate surface area is 369 Å². The molecular formula is C51H59NO9S. The number of rotatable bonds is 25. The van der Waals surface area contributed by atoms with Crippen LogP contribution in [0, 0.1) is 11.8 Å². The Balaban J connectivity index is 0.934. The van der Waals surface area contributed by atoms with Gasteiger partial charge in [-0.1, -0.05) is 61.2 Å². The van der Waals surface area contributed by atoms with Crippen molar-refractivity contribution in [1.29, 1.82) is 0 Å². The molecule has 10 nitrogen and oxygen atoms in total. The van der Waals surface area contributed by atoms with E-state index in [9.17, 15) is 14.4 Å². The highest BCUT2D eigenvalue weighted by molar-refractivity contribution is 7.99. The van der Waals surface area contributed by atoms with Gasteiger partial charge < -0.3 is 28.4 Å². The average molecular weight is 862 g/mol. The Morgan fingerprint density at radius 3 is 1.85 bits per heavy atom. The molecule has 0 saturated heterocycles. The van der Waals surface area contributed by atoms with Gasteiger partial charge in [0.1, 0.15) is 22.3 Å². The van der Waals surface area contributed by atoms with E-state index in [1.54, 1.807) is 18.9 Å². The summed E-state index contributed by atoms with van der Waals surface area (Å²) in [4.78, 5) is 43.5. The maximum Gasteiger partial charge on any atom is 0.330 e. The summed E-state index contributed by atoms with van der Waals surface area (Å²) in [6.07, 6.45) is 12.2. The molecule has 62 heavy (non-hydrogen) atoms. The lowest BCUT2D eigenvalue weighted by Gasteiger charge is -2.26. The van der Waals surface area contributed by atoms with Gasteiger partial charge >= 0.3 is 17.9 Å². The molecule has 0 aliphatic heterocycles. The van der Waals surface area contributed by atoms with Gasteiger partial charge in [0.05, 0.1) is 43.8 Å². The number of benzene rings is 4. The minimum atomic E-state index is -0.382. The van der Waals surface area contributed by atoms with Gasteiger partial charge in [0.15, 0.2) is 0 Å². The van der Waals surface area contributed by atoms with E-state index >= 15 is 0 Å². The van der Waals surface area contributed by atoms with E-state index in [1.165, 1.54) is 6.08 Å². The van der Waals surface area contributed by atoms with Gasteiger partial charge in [-0.25, -0.2) is 9.78 Å². The normalized spacial score (nSPS) is 14.9. The van der Waals surface area contributed by atoms with Crippen molar-refractivity contribution in [1.82, 2.24) is 4.98 Å². The molecule has 0 bridgehead atoms. The number of aromatic nitrogens is 1. The third-order valence-corrected chi connectivity index (χ3v) is 12.1. The fourth-order valence-electron chi connectivity index (χ4n) is 7.54. The van der Waals surface area contributed by atoms with Crippen LogP contribution in [0.1, 0.15) is 82.6 Å². The molecule has 5 aromatic rings. The molecule has 1 aliphatic carbocycles. The summed E-state index contributed by atoms with van der Waals surface area (Å²) >= 11 is 1.58. The van der Waals surface area contributed by atoms with E-state index in [4.69, 9.17) is 33.4 Å². The number of esters is 3. The molecule has 0 unspecified atom stereocenters. The highest BCUT2D eigenvalue weighted by Crippen LogP contribution is 2.38. The van der Waals surface area contributed by atoms with Gasteiger partial charge in [-0.15, -0.1) is 0 Å². The van der Waals surface area contributed by atoms with Gasteiger partial charge in [-0.05, 0) is 130 Å². The van der Waals surface area contributed by atoms with Crippen LogP contribution in [0.2, 0.25) is 0 Å². The highest BCUT2D eigenvalue weighted by Gasteiger charge is 2.32. The van der Waals surface area contributed by atoms with E-state index in [2.05, 4.69) is 18.7 Å². The number of methoxy groups -OCH3 is 1. The van der Waals surface area contributed by atoms with Gasteiger partial charge in [-0.2, -0.15) is 0 Å². The van der Waals surface area contributed by atoms with Gasteiger partial charge in [0, 0.05) is 47.9 Å². The van der Waals surface area contributed by atoms with Crippen molar-refractivity contribution < 1.29 is 42.8 Å². The quantitative estimate of drug-likeness (QED) is 0.0183. The monoisotopic (exact) mass is 861 g/mol. The number of hydrogen-bond acceptors (Lipinski definition) is 11. The number of nitrogens with zero attached hydrogens (tertiary/aromatic N) is 1. The molecule has 0 radical (unpaired) electrons. The van der Waals surface area contributed by atoms with Crippen molar-refractivity contribution in [3.8, 4) is 17.2 Å². The summed E-state index contributed by atoms with van der Waals surface area (Å²) in [5, 5.41) is 3.94. The van der Waals surface area contributed by atoms with Crippen LogP contribution in [-0.2, 0) is 35.0 Å². The smallest absolute Gasteiger partial charge is 0.330 e. The number of pyridine rings is 1. The summed E-state index contributed by atoms with van der Waals surface area (Å²) < 4.78 is 33.5. The van der Waals surface area contributed by atoms with Gasteiger partial charge in [-0.3, -0.25) is 9.59 Å². The topological polar surface area (TPSA) is 119 Å². The standard InChI is InChI=1S/C51H59NO9S/c1-3-48(53)59-34-13-7-6-12-33-58-41-24-27-43(28-25-41)62-49-46-15-9-8-14-44(46)45-29-26-42(36-47(45)52-49)61-51(55)39-20-18-38(19-21-39)50(54)60-35-30-37-16-22-40(23-17-37)57-32-11-5-4-10-31-56-2/h3,8-9,14-17,22-29,36,38-39H,1,4-7,10-13,18-21,30-35H2,2H3. The SMILES string of the molecule is C=CC(=O)OCCCCCCOc1ccc(Sc2nc3cc(OC(=O)C4CCC(C(=O)OCCc5ccc(OCCCCCCOC)cc5)CC4)ccc3c3ccccc23)cc1. The highest BCUT2D eigenvalue weighted by atomic mass is 32.2. The lowest BCUT2D eigenvalue weighted by Crippen LogP contribution is -2.29. The number of carbonyl (C=O) groups is 3. The van der Waals surface area contributed by atoms with Gasteiger partial charge in [0.25, 0.3) is 0 Å². The molecule has 6 rings (SSSR count). The molecule has 4 aromatic carbocycles. The van der Waals surface area contributed by atoms with E-state index in [0.29, 0.717) is 64.3 Å². The molecule has 1 heterocycles. The molecule has 1 fully saturated rings. The van der Waals surface area contributed by atoms with Crippen molar-refractivity contribution in [3.05, 3.63) is 109 Å². The Morgan fingerprint density at radius 2 is 1.21 bits per heavy atom. The van der Waals surface area contributed by atoms with Crippen LogP contribution in [0.25, 0.3) is 21.7 Å². The fraction of sp³-hybridized carbons (Fsp3) is 0.412. The van der Waals surface area contributed by atoms with E-state index in [0.717, 1.165) is 107 Å². The Bertz CT molecular complexity index is 2200. The van der Waals surface area contributed by atoms with Crippen LogP contribution in [0.3, 0.4) is 0 Å². The van der Waals surface area contributed by atoms with E-state index < -0.39 is 0 Å². The minimum absolute atomic E-state index is 0.196. The van der Waals surface area contributed by atoms with Crippen molar-refractivity contribution in [2.75, 3.05) is 40.1 Å². The lowest BCUT2D eigenvalue weighted by atomic mass is 9.82. The maximum atomic E-state index is 13.4. The van der Waals surface area contributed by atoms with Gasteiger partial charge in [0.2, 0.25) is 0 Å². The third-order valence-electron chi connectivity index (χ3n) is 11.1. The van der Waals surface area contributed by atoms with Crippen LogP contribution in [0.5, 0.6) is 17.2 Å². The molecule has 0 atom stereocenters. The summed E-state index contributed by atoms with van der Waals surface area (Å²) in [7, 11) is 1.73. The van der Waals surface area contributed by atoms with Crippen molar-refractivity contribution in [2.24, 2.45) is 11.8 Å². The molecule has 1 aliphatic rings. The first-order valence-corrected chi connectivity index (χ1v) is 22.8. The average Bonchev–Trinajstić information content (AvgIpc) is 3.30. The minimum Gasteiger partial charge on any atom is -0.494 e. The summed E-state index contributed by atoms with van der Waals surface area (Å²) in [5.41, 5.74) is 1.83.